The van der Waals surface area contributed by atoms with Crippen LogP contribution in [0.1, 0.15) is 29.8 Å². The van der Waals surface area contributed by atoms with Gasteiger partial charge in [-0.05, 0) is 41.3 Å². The number of carbonyl (C=O) groups excluding carboxylic acids is 1. The molecule has 1 fully saturated rings. The molecular formula is C16H17BrFN3OS. The molecule has 122 valence electrons. The van der Waals surface area contributed by atoms with Gasteiger partial charge >= 0.3 is 0 Å². The van der Waals surface area contributed by atoms with Gasteiger partial charge in [0, 0.05) is 24.7 Å². The molecule has 23 heavy (non-hydrogen) atoms. The van der Waals surface area contributed by atoms with Crippen LogP contribution in [0, 0.1) is 5.82 Å². The molecule has 4 nitrogen and oxygen atoms in total. The molecule has 2 aromatic rings. The van der Waals surface area contributed by atoms with E-state index in [1.54, 1.807) is 23.1 Å². The fraction of sp³-hybridized carbons (Fsp3) is 0.375. The van der Waals surface area contributed by atoms with Crippen molar-refractivity contribution in [1.82, 2.24) is 9.88 Å². The zero-order valence-electron chi connectivity index (χ0n) is 12.5. The molecular weight excluding hydrogens is 381 g/mol. The third-order valence-corrected chi connectivity index (χ3v) is 5.62. The molecule has 0 saturated carbocycles. The maximum Gasteiger partial charge on any atom is 0.274 e. The highest BCUT2D eigenvalue weighted by Gasteiger charge is 2.30. The summed E-state index contributed by atoms with van der Waals surface area (Å²) in [6, 6.07) is 6.48. The Labute approximate surface area is 146 Å². The van der Waals surface area contributed by atoms with Crippen molar-refractivity contribution in [3.05, 3.63) is 39.7 Å². The summed E-state index contributed by atoms with van der Waals surface area (Å²) in [6.45, 7) is 1.11. The number of hydrogen-bond acceptors (Lipinski definition) is 4. The second kappa shape index (κ2) is 7.07. The van der Waals surface area contributed by atoms with E-state index < -0.39 is 0 Å². The van der Waals surface area contributed by atoms with Crippen LogP contribution >= 0.6 is 27.3 Å². The SMILES string of the molecule is NCC1CCCCN1C(=O)c1nc(Br)sc1-c1ccccc1F. The van der Waals surface area contributed by atoms with E-state index in [0.717, 1.165) is 19.3 Å². The Kier molecular flexibility index (Phi) is 5.08. The van der Waals surface area contributed by atoms with Crippen LogP contribution in [0.5, 0.6) is 0 Å². The standard InChI is InChI=1S/C16H17BrFN3OS/c17-16-20-13(14(23-16)11-6-1-2-7-12(11)18)15(22)21-8-4-3-5-10(21)9-19/h1-2,6-7,10H,3-5,8-9,19H2. The summed E-state index contributed by atoms with van der Waals surface area (Å²) in [5.41, 5.74) is 6.51. The largest absolute Gasteiger partial charge is 0.333 e. The van der Waals surface area contributed by atoms with Gasteiger partial charge < -0.3 is 10.6 Å². The van der Waals surface area contributed by atoms with Gasteiger partial charge in [-0.2, -0.15) is 0 Å². The molecule has 1 amide bonds. The Hall–Kier alpha value is -1.31. The molecule has 0 aliphatic carbocycles. The number of hydrogen-bond donors (Lipinski definition) is 1. The van der Waals surface area contributed by atoms with Crippen LogP contribution in [-0.2, 0) is 0 Å². The quantitative estimate of drug-likeness (QED) is 0.859. The average Bonchev–Trinajstić information content (AvgIpc) is 2.96. The lowest BCUT2D eigenvalue weighted by molar-refractivity contribution is 0.0619. The Morgan fingerprint density at radius 1 is 1.43 bits per heavy atom. The van der Waals surface area contributed by atoms with Gasteiger partial charge in [-0.3, -0.25) is 4.79 Å². The van der Waals surface area contributed by atoms with E-state index in [1.165, 1.54) is 17.4 Å². The van der Waals surface area contributed by atoms with E-state index in [9.17, 15) is 9.18 Å². The molecule has 1 aliphatic heterocycles. The number of amides is 1. The van der Waals surface area contributed by atoms with Gasteiger partial charge in [-0.15, -0.1) is 11.3 Å². The Morgan fingerprint density at radius 3 is 2.96 bits per heavy atom. The van der Waals surface area contributed by atoms with Crippen molar-refractivity contribution >= 4 is 33.2 Å². The van der Waals surface area contributed by atoms with Crippen molar-refractivity contribution in [2.45, 2.75) is 25.3 Å². The third kappa shape index (κ3) is 3.32. The van der Waals surface area contributed by atoms with Gasteiger partial charge in [-0.1, -0.05) is 18.2 Å². The number of aromatic nitrogens is 1. The summed E-state index contributed by atoms with van der Waals surface area (Å²) in [4.78, 5) is 19.6. The summed E-state index contributed by atoms with van der Waals surface area (Å²) < 4.78 is 14.7. The molecule has 0 spiro atoms. The molecule has 1 unspecified atom stereocenters. The number of rotatable bonds is 3. The molecule has 0 radical (unpaired) electrons. The van der Waals surface area contributed by atoms with Crippen molar-refractivity contribution < 1.29 is 9.18 Å². The molecule has 0 bridgehead atoms. The smallest absolute Gasteiger partial charge is 0.274 e. The minimum atomic E-state index is -0.355. The van der Waals surface area contributed by atoms with E-state index in [-0.39, 0.29) is 17.8 Å². The van der Waals surface area contributed by atoms with E-state index in [2.05, 4.69) is 20.9 Å². The zero-order chi connectivity index (χ0) is 16.4. The summed E-state index contributed by atoms with van der Waals surface area (Å²) in [7, 11) is 0. The van der Waals surface area contributed by atoms with E-state index in [4.69, 9.17) is 5.73 Å². The predicted octanol–water partition coefficient (Wildman–Crippen LogP) is 3.67. The lowest BCUT2D eigenvalue weighted by Crippen LogP contribution is -2.47. The molecule has 2 heterocycles. The highest BCUT2D eigenvalue weighted by Crippen LogP contribution is 2.35. The van der Waals surface area contributed by atoms with Gasteiger partial charge in [0.1, 0.15) is 11.5 Å². The first-order valence-electron chi connectivity index (χ1n) is 7.54. The number of nitrogens with zero attached hydrogens (tertiary/aromatic N) is 2. The molecule has 1 aromatic carbocycles. The molecule has 7 heteroatoms. The van der Waals surface area contributed by atoms with Crippen LogP contribution in [0.15, 0.2) is 28.2 Å². The van der Waals surface area contributed by atoms with Gasteiger partial charge in [0.25, 0.3) is 5.91 Å². The summed E-state index contributed by atoms with van der Waals surface area (Å²) in [5.74, 6) is -0.521. The van der Waals surface area contributed by atoms with Crippen LogP contribution in [0.2, 0.25) is 0 Å². The molecule has 1 aromatic heterocycles. The molecule has 1 atom stereocenters. The van der Waals surface area contributed by atoms with Crippen molar-refractivity contribution in [3.63, 3.8) is 0 Å². The van der Waals surface area contributed by atoms with E-state index in [0.29, 0.717) is 33.1 Å². The highest BCUT2D eigenvalue weighted by molar-refractivity contribution is 9.11. The molecule has 1 aliphatic rings. The first kappa shape index (κ1) is 16.5. The van der Waals surface area contributed by atoms with Crippen LogP contribution in [-0.4, -0.2) is 34.9 Å². The van der Waals surface area contributed by atoms with Crippen LogP contribution in [0.3, 0.4) is 0 Å². The van der Waals surface area contributed by atoms with Crippen molar-refractivity contribution in [1.29, 1.82) is 0 Å². The Bertz CT molecular complexity index is 721. The number of benzene rings is 1. The van der Waals surface area contributed by atoms with Gasteiger partial charge in [-0.25, -0.2) is 9.37 Å². The second-order valence-electron chi connectivity index (χ2n) is 5.51. The van der Waals surface area contributed by atoms with Crippen LogP contribution in [0.4, 0.5) is 4.39 Å². The maximum atomic E-state index is 14.1. The van der Waals surface area contributed by atoms with Crippen molar-refractivity contribution in [3.8, 4) is 10.4 Å². The Balaban J connectivity index is 2.00. The topological polar surface area (TPSA) is 59.2 Å². The zero-order valence-corrected chi connectivity index (χ0v) is 14.9. The maximum absolute atomic E-state index is 14.1. The van der Waals surface area contributed by atoms with Crippen LogP contribution < -0.4 is 5.73 Å². The normalized spacial score (nSPS) is 18.2. The predicted molar refractivity (Wildman–Crippen MR) is 92.9 cm³/mol. The second-order valence-corrected chi connectivity index (χ2v) is 7.78. The van der Waals surface area contributed by atoms with Crippen LogP contribution in [0.25, 0.3) is 10.4 Å². The summed E-state index contributed by atoms with van der Waals surface area (Å²) in [5, 5.41) is 0. The lowest BCUT2D eigenvalue weighted by Gasteiger charge is -2.34. The molecule has 1 saturated heterocycles. The highest BCUT2D eigenvalue weighted by atomic mass is 79.9. The van der Waals surface area contributed by atoms with Crippen molar-refractivity contribution in [2.24, 2.45) is 5.73 Å². The van der Waals surface area contributed by atoms with E-state index in [1.807, 2.05) is 0 Å². The Morgan fingerprint density at radius 2 is 2.22 bits per heavy atom. The minimum Gasteiger partial charge on any atom is -0.333 e. The first-order valence-corrected chi connectivity index (χ1v) is 9.15. The lowest BCUT2D eigenvalue weighted by atomic mass is 10.0. The molecule has 2 N–H and O–H groups in total. The van der Waals surface area contributed by atoms with Gasteiger partial charge in [0.15, 0.2) is 3.92 Å². The van der Waals surface area contributed by atoms with Gasteiger partial charge in [0.2, 0.25) is 0 Å². The minimum absolute atomic E-state index is 0.0326. The third-order valence-electron chi connectivity index (χ3n) is 4.08. The summed E-state index contributed by atoms with van der Waals surface area (Å²) in [6.07, 6.45) is 2.94. The summed E-state index contributed by atoms with van der Waals surface area (Å²) >= 11 is 4.59. The number of thiazole rings is 1. The van der Waals surface area contributed by atoms with Gasteiger partial charge in [0.05, 0.1) is 4.88 Å². The fourth-order valence-electron chi connectivity index (χ4n) is 2.92. The fourth-order valence-corrected chi connectivity index (χ4v) is 4.39. The number of likely N-dealkylation sites (tertiary alicyclic amines) is 1. The van der Waals surface area contributed by atoms with E-state index >= 15 is 0 Å². The monoisotopic (exact) mass is 397 g/mol. The average molecular weight is 398 g/mol. The molecule has 3 rings (SSSR count). The number of carbonyl (C=O) groups is 1. The number of halogens is 2. The first-order chi connectivity index (χ1) is 11.1. The number of piperidine rings is 1. The number of nitrogens with two attached hydrogens (primary N) is 1. The van der Waals surface area contributed by atoms with Crippen molar-refractivity contribution in [2.75, 3.05) is 13.1 Å².